The molecule has 0 heterocycles. The number of quaternary nitrogens is 1. The number of likely N-dealkylation sites (N-methyl/N-ethyl adjacent to an activating group) is 1. The van der Waals surface area contributed by atoms with Gasteiger partial charge in [-0.3, -0.25) is 0 Å². The summed E-state index contributed by atoms with van der Waals surface area (Å²) in [5.41, 5.74) is 0. The monoisotopic (exact) mass is 417 g/mol. The molecule has 7 nitrogen and oxygen atoms in total. The standard InChI is InChI=1S/C9H19N.6CHO.Ru/c1-5-7-8-10(4)9(3)6-2;6*1-2;/h5,7,9H,6,8H2,1-4H3;6*1H;/q;;;;;;;+1. The first-order chi connectivity index (χ1) is 10.6. The third-order valence-corrected chi connectivity index (χ3v) is 20.5. The van der Waals surface area contributed by atoms with Gasteiger partial charge in [0.1, 0.15) is 0 Å². The molecule has 2 atom stereocenters. The van der Waals surface area contributed by atoms with Crippen LogP contribution in [-0.4, -0.2) is 52.1 Å². The van der Waals surface area contributed by atoms with Gasteiger partial charge in [0.25, 0.3) is 0 Å². The summed E-state index contributed by atoms with van der Waals surface area (Å²) in [5.74, 6) is 0. The van der Waals surface area contributed by atoms with Crippen LogP contribution in [0.3, 0.4) is 0 Å². The zero-order valence-electron chi connectivity index (χ0n) is 13.9. The second-order valence-corrected chi connectivity index (χ2v) is 21.6. The Labute approximate surface area is 132 Å². The summed E-state index contributed by atoms with van der Waals surface area (Å²) in [6.45, 7) is 4.77. The maximum atomic E-state index is 12.3. The van der Waals surface area contributed by atoms with Crippen molar-refractivity contribution in [2.45, 2.75) is 33.2 Å². The van der Waals surface area contributed by atoms with Gasteiger partial charge in [-0.1, -0.05) is 0 Å². The molecule has 0 aromatic heterocycles. The number of hydrogen-bond acceptors (Lipinski definition) is 6. The van der Waals surface area contributed by atoms with Crippen LogP contribution >= 0.6 is 0 Å². The van der Waals surface area contributed by atoms with E-state index in [1.165, 1.54) is 13.1 Å². The van der Waals surface area contributed by atoms with Gasteiger partial charge in [-0.2, -0.15) is 0 Å². The number of hydrogen-bond donors (Lipinski definition) is 0. The minimum absolute atomic E-state index is 0.177. The maximum absolute atomic E-state index is 12.3. The molecule has 23 heavy (non-hydrogen) atoms. The summed E-state index contributed by atoms with van der Waals surface area (Å²) in [6.07, 6.45) is 3.42. The topological polar surface area (TPSA) is 102 Å². The summed E-state index contributed by atoms with van der Waals surface area (Å²) < 4.78 is -0.879. The first-order valence-corrected chi connectivity index (χ1v) is 13.6. The molecule has 0 amide bonds. The van der Waals surface area contributed by atoms with Crippen LogP contribution in [0.5, 0.6) is 0 Å². The van der Waals surface area contributed by atoms with Crippen molar-refractivity contribution in [3.8, 4) is 0 Å². The van der Waals surface area contributed by atoms with Crippen molar-refractivity contribution in [1.82, 2.24) is 0 Å². The zero-order chi connectivity index (χ0) is 18.5. The normalized spacial score (nSPS) is 20.6. The number of nitrogens with zero attached hydrogens (tertiary/aromatic N) is 1. The van der Waals surface area contributed by atoms with Gasteiger partial charge in [0, 0.05) is 0 Å². The molecule has 0 rings (SSSR count). The molecule has 0 aromatic carbocycles. The van der Waals surface area contributed by atoms with Crippen molar-refractivity contribution in [3.63, 3.8) is 0 Å². The number of carbonyl (C=O) groups is 6. The fourth-order valence-corrected chi connectivity index (χ4v) is 10.6. The first-order valence-electron chi connectivity index (χ1n) is 6.83. The molecule has 0 aliphatic heterocycles. The Hall–Kier alpha value is -1.66. The van der Waals surface area contributed by atoms with E-state index in [2.05, 4.69) is 0 Å². The summed E-state index contributed by atoms with van der Waals surface area (Å²) in [5, 5.41) is 0. The van der Waals surface area contributed by atoms with Crippen molar-refractivity contribution in [2.24, 2.45) is 0 Å². The van der Waals surface area contributed by atoms with Crippen molar-refractivity contribution in [3.05, 3.63) is 12.2 Å². The predicted octanol–water partition coefficient (Wildman–Crippen LogP) is 0.625. The number of allylic oxidation sites excluding steroid dienone is 1. The van der Waals surface area contributed by atoms with E-state index >= 15 is 0 Å². The molecular formula is C15H25NO6Ru+. The van der Waals surface area contributed by atoms with E-state index in [1.807, 2.05) is 0 Å². The molecular weight excluding hydrogens is 391 g/mol. The Morgan fingerprint density at radius 2 is 1.22 bits per heavy atom. The van der Waals surface area contributed by atoms with E-state index in [9.17, 15) is 28.8 Å². The molecule has 0 N–H and O–H groups in total. The van der Waals surface area contributed by atoms with Gasteiger partial charge in [0.05, 0.1) is 0 Å². The van der Waals surface area contributed by atoms with Crippen LogP contribution in [0, 0.1) is 0 Å². The van der Waals surface area contributed by atoms with Crippen molar-refractivity contribution in [1.29, 1.82) is 0 Å². The summed E-state index contributed by atoms with van der Waals surface area (Å²) in [6, 6.07) is -0.668. The Morgan fingerprint density at radius 1 is 0.870 bits per heavy atom. The Kier molecular flexibility index (Phi) is 4.80. The fraction of sp³-hybridized carbons (Fsp3) is 0.467. The van der Waals surface area contributed by atoms with Crippen LogP contribution in [0.2, 0.25) is 0 Å². The van der Waals surface area contributed by atoms with E-state index in [-0.39, 0.29) is 35.8 Å². The van der Waals surface area contributed by atoms with E-state index in [4.69, 9.17) is 0 Å². The molecule has 133 valence electrons. The molecule has 0 radical (unpaired) electrons. The Balaban J connectivity index is 7.93. The third kappa shape index (κ3) is 1.60. The Morgan fingerprint density at radius 3 is 1.43 bits per heavy atom. The van der Waals surface area contributed by atoms with Crippen LogP contribution in [0.1, 0.15) is 27.2 Å². The Bertz CT molecular complexity index is 529. The average molecular weight is 416 g/mol. The van der Waals surface area contributed by atoms with Gasteiger partial charge in [-0.05, 0) is 0 Å². The van der Waals surface area contributed by atoms with E-state index < -0.39 is 20.8 Å². The van der Waals surface area contributed by atoms with Gasteiger partial charge >= 0.3 is 132 Å². The van der Waals surface area contributed by atoms with Gasteiger partial charge < -0.3 is 0 Å². The minimum atomic E-state index is -7.82. The molecule has 8 heteroatoms. The average Bonchev–Trinajstić information content (AvgIpc) is 2.64. The number of carbonyl (C=O) groups excluding carboxylic acids is 6. The molecule has 0 aliphatic carbocycles. The van der Waals surface area contributed by atoms with Crippen molar-refractivity contribution in [2.75, 3.05) is 13.6 Å². The molecule has 0 aliphatic rings. The van der Waals surface area contributed by atoms with Crippen LogP contribution in [0.15, 0.2) is 12.2 Å². The zero-order valence-corrected chi connectivity index (χ0v) is 15.6. The van der Waals surface area contributed by atoms with Crippen molar-refractivity contribution >= 4 is 29.3 Å². The summed E-state index contributed by atoms with van der Waals surface area (Å²) in [4.78, 5) is 72.1. The van der Waals surface area contributed by atoms with Crippen molar-refractivity contribution < 1.29 is 43.5 Å². The summed E-state index contributed by atoms with van der Waals surface area (Å²) in [7, 11) is 1.27. The predicted molar refractivity (Wildman–Crippen MR) is 86.1 cm³/mol. The third-order valence-electron chi connectivity index (χ3n) is 5.11. The van der Waals surface area contributed by atoms with Crippen LogP contribution in [0.4, 0.5) is 0 Å². The first kappa shape index (κ1) is 21.3. The van der Waals surface area contributed by atoms with Gasteiger partial charge in [-0.25, -0.2) is 0 Å². The summed E-state index contributed by atoms with van der Waals surface area (Å²) >= 11 is -7.82. The van der Waals surface area contributed by atoms with Crippen LogP contribution < -0.4 is 0 Å². The van der Waals surface area contributed by atoms with Gasteiger partial charge in [0.15, 0.2) is 0 Å². The van der Waals surface area contributed by atoms with Gasteiger partial charge in [-0.15, -0.1) is 0 Å². The van der Waals surface area contributed by atoms with E-state index in [0.717, 1.165) is 0 Å². The van der Waals surface area contributed by atoms with Gasteiger partial charge in [0.2, 0.25) is 0 Å². The van der Waals surface area contributed by atoms with Crippen LogP contribution in [0.25, 0.3) is 0 Å². The van der Waals surface area contributed by atoms with Crippen LogP contribution in [-0.2, 0) is 40.3 Å². The number of rotatable bonds is 11. The quantitative estimate of drug-likeness (QED) is 0.278. The van der Waals surface area contributed by atoms with E-state index in [1.54, 1.807) is 26.8 Å². The van der Waals surface area contributed by atoms with E-state index in [0.29, 0.717) is 6.42 Å². The molecule has 0 fully saturated rings. The second-order valence-electron chi connectivity index (χ2n) is 5.94. The second kappa shape index (κ2) is 5.18. The molecule has 2 unspecified atom stereocenters. The SMILES string of the molecule is CC=CC[N+](C)(C(C)CC)[Ru]([CH]=O)([CH]=O)([CH]=O)([CH]=O)([CH]=O)[CH]=O. The molecule has 0 saturated carbocycles. The molecule has 0 bridgehead atoms. The fourth-order valence-electron chi connectivity index (χ4n) is 2.43. The molecule has 0 spiro atoms. The molecule has 0 saturated heterocycles. The molecule has 0 aromatic rings.